The first-order valence-corrected chi connectivity index (χ1v) is 7.20. The Labute approximate surface area is 121 Å². The van der Waals surface area contributed by atoms with E-state index >= 15 is 0 Å². The normalized spacial score (nSPS) is 10.7. The molecule has 0 fully saturated rings. The average Bonchev–Trinajstić information content (AvgIpc) is 3.07. The predicted octanol–water partition coefficient (Wildman–Crippen LogP) is 4.03. The summed E-state index contributed by atoms with van der Waals surface area (Å²) in [6, 6.07) is 8.12. The number of aromatic nitrogens is 2. The van der Waals surface area contributed by atoms with E-state index in [1.54, 1.807) is 17.5 Å². The van der Waals surface area contributed by atoms with Gasteiger partial charge in [-0.1, -0.05) is 12.1 Å². The number of nitrogens with one attached hydrogen (secondary N) is 1. The van der Waals surface area contributed by atoms with Crippen LogP contribution in [-0.2, 0) is 6.54 Å². The summed E-state index contributed by atoms with van der Waals surface area (Å²) in [6.07, 6.45) is 3.16. The molecule has 0 bridgehead atoms. The Hall–Kier alpha value is -2.14. The molecular formula is C15H15N3OS. The van der Waals surface area contributed by atoms with Crippen molar-refractivity contribution in [1.82, 2.24) is 9.97 Å². The smallest absolute Gasteiger partial charge is 0.181 e. The highest BCUT2D eigenvalue weighted by Crippen LogP contribution is 2.23. The molecule has 0 unspecified atom stereocenters. The minimum Gasteiger partial charge on any atom is -0.444 e. The number of oxazole rings is 1. The lowest BCUT2D eigenvalue weighted by atomic mass is 10.1. The molecular weight excluding hydrogens is 270 g/mol. The number of rotatable bonds is 4. The second-order valence-electron chi connectivity index (χ2n) is 4.54. The fourth-order valence-corrected chi connectivity index (χ4v) is 2.94. The molecule has 1 aromatic carbocycles. The van der Waals surface area contributed by atoms with Crippen molar-refractivity contribution in [2.24, 2.45) is 0 Å². The summed E-state index contributed by atoms with van der Waals surface area (Å²) >= 11 is 1.73. The Morgan fingerprint density at radius 1 is 1.30 bits per heavy atom. The van der Waals surface area contributed by atoms with Crippen molar-refractivity contribution < 1.29 is 4.42 Å². The van der Waals surface area contributed by atoms with Gasteiger partial charge in [0.15, 0.2) is 12.2 Å². The summed E-state index contributed by atoms with van der Waals surface area (Å²) in [5, 5.41) is 4.53. The molecule has 0 aliphatic rings. The second kappa shape index (κ2) is 5.46. The molecule has 2 heterocycles. The summed E-state index contributed by atoms with van der Waals surface area (Å²) in [7, 11) is 0. The number of nitrogens with zero attached hydrogens (tertiary/aromatic N) is 2. The van der Waals surface area contributed by atoms with Crippen molar-refractivity contribution >= 4 is 17.0 Å². The Kier molecular flexibility index (Phi) is 3.52. The molecule has 102 valence electrons. The van der Waals surface area contributed by atoms with Crippen molar-refractivity contribution in [3.05, 3.63) is 52.4 Å². The van der Waals surface area contributed by atoms with Crippen molar-refractivity contribution in [3.8, 4) is 11.3 Å². The maximum Gasteiger partial charge on any atom is 0.181 e. The van der Waals surface area contributed by atoms with Crippen molar-refractivity contribution in [1.29, 1.82) is 0 Å². The van der Waals surface area contributed by atoms with Gasteiger partial charge in [0.25, 0.3) is 0 Å². The van der Waals surface area contributed by atoms with E-state index < -0.39 is 0 Å². The Balaban J connectivity index is 1.75. The van der Waals surface area contributed by atoms with Gasteiger partial charge >= 0.3 is 0 Å². The zero-order chi connectivity index (χ0) is 13.9. The van der Waals surface area contributed by atoms with Crippen LogP contribution in [0.25, 0.3) is 11.3 Å². The van der Waals surface area contributed by atoms with Crippen LogP contribution >= 0.6 is 11.3 Å². The van der Waals surface area contributed by atoms with Crippen LogP contribution in [-0.4, -0.2) is 9.97 Å². The zero-order valence-electron chi connectivity index (χ0n) is 11.4. The molecule has 3 aromatic rings. The number of aryl methyl sites for hydroxylation is 2. The summed E-state index contributed by atoms with van der Waals surface area (Å²) in [4.78, 5) is 9.65. The fraction of sp³-hybridized carbons (Fsp3) is 0.200. The molecule has 0 aliphatic heterocycles. The van der Waals surface area contributed by atoms with E-state index in [0.717, 1.165) is 34.3 Å². The van der Waals surface area contributed by atoms with Gasteiger partial charge in [0.1, 0.15) is 0 Å². The molecule has 3 rings (SSSR count). The van der Waals surface area contributed by atoms with Crippen LogP contribution in [0.15, 0.2) is 41.3 Å². The van der Waals surface area contributed by atoms with Crippen LogP contribution in [0.4, 0.5) is 5.69 Å². The van der Waals surface area contributed by atoms with Crippen LogP contribution in [0.5, 0.6) is 0 Å². The first kappa shape index (κ1) is 12.9. The molecule has 0 saturated carbocycles. The number of hydrogen-bond donors (Lipinski definition) is 1. The molecule has 0 atom stereocenters. The standard InChI is InChI=1S/C15H15N3OS/c1-10-15(20-11(2)18-10)8-17-13-5-3-4-12(6-13)14-7-16-9-19-14/h3-7,9,17H,8H2,1-2H3. The van der Waals surface area contributed by atoms with Gasteiger partial charge in [-0.25, -0.2) is 9.97 Å². The summed E-state index contributed by atoms with van der Waals surface area (Å²) in [5.41, 5.74) is 3.18. The van der Waals surface area contributed by atoms with Gasteiger partial charge in [-0.3, -0.25) is 0 Å². The summed E-state index contributed by atoms with van der Waals surface area (Å²) < 4.78 is 5.31. The van der Waals surface area contributed by atoms with Crippen molar-refractivity contribution in [3.63, 3.8) is 0 Å². The third-order valence-electron chi connectivity index (χ3n) is 3.03. The minimum absolute atomic E-state index is 0.776. The topological polar surface area (TPSA) is 51.0 Å². The van der Waals surface area contributed by atoms with E-state index in [-0.39, 0.29) is 0 Å². The van der Waals surface area contributed by atoms with E-state index in [0.29, 0.717) is 0 Å². The third kappa shape index (κ3) is 2.72. The SMILES string of the molecule is Cc1nc(C)c(CNc2cccc(-c3cnco3)c2)s1. The first-order valence-electron chi connectivity index (χ1n) is 6.38. The predicted molar refractivity (Wildman–Crippen MR) is 80.9 cm³/mol. The lowest BCUT2D eigenvalue weighted by molar-refractivity contribution is 0.572. The van der Waals surface area contributed by atoms with Gasteiger partial charge in [0, 0.05) is 16.1 Å². The van der Waals surface area contributed by atoms with E-state index in [4.69, 9.17) is 4.42 Å². The molecule has 5 heteroatoms. The Bertz CT molecular complexity index is 704. The van der Waals surface area contributed by atoms with Gasteiger partial charge in [-0.05, 0) is 26.0 Å². The van der Waals surface area contributed by atoms with Gasteiger partial charge in [0.2, 0.25) is 0 Å². The summed E-state index contributed by atoms with van der Waals surface area (Å²) in [6.45, 7) is 4.87. The lowest BCUT2D eigenvalue weighted by Crippen LogP contribution is -1.98. The van der Waals surface area contributed by atoms with Crippen LogP contribution in [0.1, 0.15) is 15.6 Å². The van der Waals surface area contributed by atoms with Gasteiger partial charge in [0.05, 0.1) is 23.4 Å². The van der Waals surface area contributed by atoms with Gasteiger partial charge in [-0.2, -0.15) is 0 Å². The van der Waals surface area contributed by atoms with E-state index in [9.17, 15) is 0 Å². The van der Waals surface area contributed by atoms with Crippen molar-refractivity contribution in [2.45, 2.75) is 20.4 Å². The number of benzene rings is 1. The van der Waals surface area contributed by atoms with E-state index in [1.807, 2.05) is 32.0 Å². The van der Waals surface area contributed by atoms with Crippen LogP contribution in [0.3, 0.4) is 0 Å². The van der Waals surface area contributed by atoms with E-state index in [1.165, 1.54) is 11.3 Å². The van der Waals surface area contributed by atoms with Crippen molar-refractivity contribution in [2.75, 3.05) is 5.32 Å². The van der Waals surface area contributed by atoms with Crippen LogP contribution < -0.4 is 5.32 Å². The fourth-order valence-electron chi connectivity index (χ4n) is 2.06. The zero-order valence-corrected chi connectivity index (χ0v) is 12.2. The maximum absolute atomic E-state index is 5.31. The highest BCUT2D eigenvalue weighted by Gasteiger charge is 2.06. The minimum atomic E-state index is 0.776. The molecule has 0 spiro atoms. The van der Waals surface area contributed by atoms with E-state index in [2.05, 4.69) is 21.4 Å². The Morgan fingerprint density at radius 3 is 2.90 bits per heavy atom. The highest BCUT2D eigenvalue weighted by molar-refractivity contribution is 7.11. The molecule has 20 heavy (non-hydrogen) atoms. The number of hydrogen-bond acceptors (Lipinski definition) is 5. The lowest BCUT2D eigenvalue weighted by Gasteiger charge is -2.06. The van der Waals surface area contributed by atoms with Gasteiger partial charge < -0.3 is 9.73 Å². The van der Waals surface area contributed by atoms with Gasteiger partial charge in [-0.15, -0.1) is 11.3 Å². The highest BCUT2D eigenvalue weighted by atomic mass is 32.1. The molecule has 0 saturated heterocycles. The van der Waals surface area contributed by atoms with Crippen LogP contribution in [0, 0.1) is 13.8 Å². The molecule has 0 aliphatic carbocycles. The number of thiazole rings is 1. The molecule has 4 nitrogen and oxygen atoms in total. The number of anilines is 1. The second-order valence-corrected chi connectivity index (χ2v) is 5.83. The summed E-state index contributed by atoms with van der Waals surface area (Å²) in [5.74, 6) is 0.776. The third-order valence-corrected chi connectivity index (χ3v) is 4.10. The monoisotopic (exact) mass is 285 g/mol. The largest absolute Gasteiger partial charge is 0.444 e. The first-order chi connectivity index (χ1) is 9.72. The maximum atomic E-state index is 5.31. The quantitative estimate of drug-likeness (QED) is 0.786. The Morgan fingerprint density at radius 2 is 2.20 bits per heavy atom. The molecule has 2 aromatic heterocycles. The molecule has 1 N–H and O–H groups in total. The van der Waals surface area contributed by atoms with Crippen LogP contribution in [0.2, 0.25) is 0 Å². The molecule has 0 radical (unpaired) electrons. The average molecular weight is 285 g/mol. The molecule has 0 amide bonds.